The Morgan fingerprint density at radius 1 is 0.963 bits per heavy atom. The standard InChI is InChI=1S/C20H30N4O2.ClH/c25-16(14-22-8-1-2-9-22)15-23-10-12-24(13-11-23)19-5-3-4-18-17(19)6-7-20(26)21-18;/h3-5,16,25H,1-2,6-15H2,(H,21,26);1H. The normalized spacial score (nSPS) is 22.1. The molecule has 1 atom stereocenters. The predicted molar refractivity (Wildman–Crippen MR) is 111 cm³/mol. The summed E-state index contributed by atoms with van der Waals surface area (Å²) in [5.74, 6) is 0.117. The van der Waals surface area contributed by atoms with Crippen LogP contribution < -0.4 is 10.2 Å². The molecule has 0 aromatic heterocycles. The SMILES string of the molecule is Cl.O=C1CCc2c(cccc2N2CCN(CC(O)CN3CCCC3)CC2)N1. The summed E-state index contributed by atoms with van der Waals surface area (Å²) in [5.41, 5.74) is 3.51. The molecule has 2 N–H and O–H groups in total. The Hall–Kier alpha value is -1.34. The van der Waals surface area contributed by atoms with Gasteiger partial charge in [0.25, 0.3) is 0 Å². The molecule has 6 nitrogen and oxygen atoms in total. The molecule has 4 rings (SSSR count). The van der Waals surface area contributed by atoms with E-state index >= 15 is 0 Å². The van der Waals surface area contributed by atoms with Gasteiger partial charge in [0.05, 0.1) is 6.10 Å². The van der Waals surface area contributed by atoms with E-state index in [9.17, 15) is 9.90 Å². The van der Waals surface area contributed by atoms with E-state index in [1.807, 2.05) is 12.1 Å². The molecule has 1 unspecified atom stereocenters. The number of carbonyl (C=O) groups excluding carboxylic acids is 1. The number of rotatable bonds is 5. The summed E-state index contributed by atoms with van der Waals surface area (Å²) in [6, 6.07) is 6.21. The number of nitrogens with zero attached hydrogens (tertiary/aromatic N) is 3. The number of amides is 1. The van der Waals surface area contributed by atoms with Crippen LogP contribution in [0.2, 0.25) is 0 Å². The van der Waals surface area contributed by atoms with Gasteiger partial charge >= 0.3 is 0 Å². The third kappa shape index (κ3) is 4.93. The highest BCUT2D eigenvalue weighted by Gasteiger charge is 2.25. The van der Waals surface area contributed by atoms with Crippen LogP contribution in [0.5, 0.6) is 0 Å². The first kappa shape index (κ1) is 20.4. The molecule has 1 aromatic rings. The highest BCUT2D eigenvalue weighted by atomic mass is 35.5. The molecule has 2 saturated heterocycles. The van der Waals surface area contributed by atoms with Crippen LogP contribution in [0.15, 0.2) is 18.2 Å². The first-order chi connectivity index (χ1) is 12.7. The van der Waals surface area contributed by atoms with Crippen molar-refractivity contribution in [2.24, 2.45) is 0 Å². The van der Waals surface area contributed by atoms with Crippen LogP contribution >= 0.6 is 12.4 Å². The van der Waals surface area contributed by atoms with E-state index in [2.05, 4.69) is 26.1 Å². The van der Waals surface area contributed by atoms with Crippen molar-refractivity contribution in [3.63, 3.8) is 0 Å². The molecule has 1 aromatic carbocycles. The maximum absolute atomic E-state index is 11.6. The van der Waals surface area contributed by atoms with Crippen molar-refractivity contribution in [3.8, 4) is 0 Å². The number of piperazine rings is 1. The molecule has 2 fully saturated rings. The zero-order chi connectivity index (χ0) is 17.9. The van der Waals surface area contributed by atoms with E-state index in [4.69, 9.17) is 0 Å². The number of β-amino-alcohol motifs (C(OH)–C–C–N with tert-alkyl or cyclic N) is 1. The molecular formula is C20H31ClN4O2. The lowest BCUT2D eigenvalue weighted by Crippen LogP contribution is -2.50. The van der Waals surface area contributed by atoms with Crippen LogP contribution in [-0.2, 0) is 11.2 Å². The molecule has 0 saturated carbocycles. The second-order valence-corrected chi connectivity index (χ2v) is 7.80. The third-order valence-corrected chi connectivity index (χ3v) is 5.88. The molecule has 150 valence electrons. The minimum absolute atomic E-state index is 0. The smallest absolute Gasteiger partial charge is 0.224 e. The topological polar surface area (TPSA) is 59.1 Å². The average Bonchev–Trinajstić information content (AvgIpc) is 3.14. The van der Waals surface area contributed by atoms with Crippen molar-refractivity contribution in [3.05, 3.63) is 23.8 Å². The first-order valence-corrected chi connectivity index (χ1v) is 9.98. The number of aliphatic hydroxyl groups excluding tert-OH is 1. The van der Waals surface area contributed by atoms with Gasteiger partial charge in [-0.3, -0.25) is 9.69 Å². The maximum atomic E-state index is 11.6. The van der Waals surface area contributed by atoms with Crippen LogP contribution in [-0.4, -0.2) is 79.3 Å². The fourth-order valence-electron chi connectivity index (χ4n) is 4.49. The van der Waals surface area contributed by atoms with E-state index in [-0.39, 0.29) is 24.4 Å². The van der Waals surface area contributed by atoms with Crippen LogP contribution in [0.3, 0.4) is 0 Å². The second-order valence-electron chi connectivity index (χ2n) is 7.80. The van der Waals surface area contributed by atoms with E-state index in [1.165, 1.54) is 24.1 Å². The van der Waals surface area contributed by atoms with Crippen LogP contribution in [0, 0.1) is 0 Å². The molecule has 0 aliphatic carbocycles. The molecule has 0 radical (unpaired) electrons. The molecule has 0 bridgehead atoms. The molecule has 7 heteroatoms. The number of hydrogen-bond acceptors (Lipinski definition) is 5. The number of fused-ring (bicyclic) bond motifs is 1. The largest absolute Gasteiger partial charge is 0.390 e. The predicted octanol–water partition coefficient (Wildman–Crippen LogP) is 1.57. The lowest BCUT2D eigenvalue weighted by molar-refractivity contribution is -0.116. The lowest BCUT2D eigenvalue weighted by atomic mass is 10.00. The number of anilines is 2. The summed E-state index contributed by atoms with van der Waals surface area (Å²) in [6.45, 7) is 7.77. The van der Waals surface area contributed by atoms with Crippen molar-refractivity contribution in [2.75, 3.05) is 62.6 Å². The van der Waals surface area contributed by atoms with E-state index in [0.29, 0.717) is 6.42 Å². The monoisotopic (exact) mass is 394 g/mol. The molecule has 3 aliphatic rings. The highest BCUT2D eigenvalue weighted by molar-refractivity contribution is 5.95. The van der Waals surface area contributed by atoms with Gasteiger partial charge in [-0.1, -0.05) is 6.07 Å². The lowest BCUT2D eigenvalue weighted by Gasteiger charge is -2.38. The highest BCUT2D eigenvalue weighted by Crippen LogP contribution is 2.32. The number of benzene rings is 1. The number of halogens is 1. The number of nitrogens with one attached hydrogen (secondary N) is 1. The molecule has 1 amide bonds. The number of likely N-dealkylation sites (tertiary alicyclic amines) is 1. The van der Waals surface area contributed by atoms with Gasteiger partial charge in [0.2, 0.25) is 5.91 Å². The number of hydrogen-bond donors (Lipinski definition) is 2. The van der Waals surface area contributed by atoms with Gasteiger partial charge in [0.1, 0.15) is 0 Å². The Labute approximate surface area is 167 Å². The minimum Gasteiger partial charge on any atom is -0.390 e. The van der Waals surface area contributed by atoms with E-state index < -0.39 is 0 Å². The van der Waals surface area contributed by atoms with Gasteiger partial charge in [-0.05, 0) is 50.0 Å². The Balaban J connectivity index is 0.00000210. The Morgan fingerprint density at radius 2 is 1.63 bits per heavy atom. The summed E-state index contributed by atoms with van der Waals surface area (Å²) < 4.78 is 0. The molecule has 3 aliphatic heterocycles. The summed E-state index contributed by atoms with van der Waals surface area (Å²) in [5, 5.41) is 13.4. The second kappa shape index (κ2) is 9.24. The van der Waals surface area contributed by atoms with Gasteiger partial charge < -0.3 is 20.2 Å². The van der Waals surface area contributed by atoms with E-state index in [0.717, 1.165) is 64.5 Å². The Bertz CT molecular complexity index is 643. The first-order valence-electron chi connectivity index (χ1n) is 9.98. The van der Waals surface area contributed by atoms with Crippen LogP contribution in [0.1, 0.15) is 24.8 Å². The molecule has 0 spiro atoms. The summed E-state index contributed by atoms with van der Waals surface area (Å²) >= 11 is 0. The fraction of sp³-hybridized carbons (Fsp3) is 0.650. The maximum Gasteiger partial charge on any atom is 0.224 e. The van der Waals surface area contributed by atoms with E-state index in [1.54, 1.807) is 0 Å². The van der Waals surface area contributed by atoms with Crippen LogP contribution in [0.25, 0.3) is 0 Å². The van der Waals surface area contributed by atoms with Crippen molar-refractivity contribution < 1.29 is 9.90 Å². The van der Waals surface area contributed by atoms with Crippen molar-refractivity contribution in [1.29, 1.82) is 0 Å². The average molecular weight is 395 g/mol. The summed E-state index contributed by atoms with van der Waals surface area (Å²) in [4.78, 5) is 18.8. The summed E-state index contributed by atoms with van der Waals surface area (Å²) in [6.07, 6.45) is 3.69. The Morgan fingerprint density at radius 3 is 2.33 bits per heavy atom. The van der Waals surface area contributed by atoms with Crippen molar-refractivity contribution in [1.82, 2.24) is 9.80 Å². The Kier molecular flexibility index (Phi) is 6.98. The quantitative estimate of drug-likeness (QED) is 0.794. The molecule has 27 heavy (non-hydrogen) atoms. The number of carbonyl (C=O) groups is 1. The van der Waals surface area contributed by atoms with Gasteiger partial charge in [-0.25, -0.2) is 0 Å². The van der Waals surface area contributed by atoms with Gasteiger partial charge in [-0.15, -0.1) is 12.4 Å². The van der Waals surface area contributed by atoms with Gasteiger partial charge in [-0.2, -0.15) is 0 Å². The van der Waals surface area contributed by atoms with Crippen molar-refractivity contribution in [2.45, 2.75) is 31.8 Å². The number of aliphatic hydroxyl groups is 1. The van der Waals surface area contributed by atoms with Gasteiger partial charge in [0.15, 0.2) is 0 Å². The minimum atomic E-state index is -0.251. The zero-order valence-electron chi connectivity index (χ0n) is 15.9. The van der Waals surface area contributed by atoms with Gasteiger partial charge in [0, 0.05) is 57.1 Å². The zero-order valence-corrected chi connectivity index (χ0v) is 16.7. The third-order valence-electron chi connectivity index (χ3n) is 5.88. The fourth-order valence-corrected chi connectivity index (χ4v) is 4.49. The van der Waals surface area contributed by atoms with Crippen molar-refractivity contribution >= 4 is 29.7 Å². The molecular weight excluding hydrogens is 364 g/mol. The summed E-state index contributed by atoms with van der Waals surface area (Å²) in [7, 11) is 0. The molecule has 3 heterocycles. The van der Waals surface area contributed by atoms with Crippen LogP contribution in [0.4, 0.5) is 11.4 Å².